The molecule has 9 aromatic rings. The standard InChI is InChI=1S/C44H28O/c1-3-14-29(15-4-1)31-18-13-19-32(26-31)43-34-21-7-9-23-36(34)44(37-24-10-8-22-35(37)43)40-28-42-39(33-20-11-12-25-41(33)45-42)27-38(40)30-16-5-2-6-17-30/h1-28H/i1D,2D,3D,4D,5D,6D,11D,12D,13D,14D,15D,16D,17D,18D,19D,20D,25D,26D,27D,28D. The van der Waals surface area contributed by atoms with Crippen molar-refractivity contribution in [3.05, 3.63) is 169 Å². The maximum absolute atomic E-state index is 9.90. The van der Waals surface area contributed by atoms with E-state index in [1.807, 2.05) is 0 Å². The van der Waals surface area contributed by atoms with E-state index in [1.165, 1.54) is 0 Å². The second-order valence-corrected chi connectivity index (χ2v) is 10.1. The van der Waals surface area contributed by atoms with Crippen LogP contribution in [0.25, 0.3) is 88.0 Å². The Morgan fingerprint density at radius 1 is 0.356 bits per heavy atom. The molecule has 0 aliphatic rings. The largest absolute Gasteiger partial charge is 0.456 e. The molecule has 1 heterocycles. The van der Waals surface area contributed by atoms with E-state index >= 15 is 0 Å². The minimum absolute atomic E-state index is 0.132. The van der Waals surface area contributed by atoms with Crippen LogP contribution in [0.15, 0.2) is 174 Å². The molecule has 0 unspecified atom stereocenters. The fourth-order valence-electron chi connectivity index (χ4n) is 5.78. The van der Waals surface area contributed by atoms with E-state index in [0.717, 1.165) is 0 Å². The van der Waals surface area contributed by atoms with E-state index in [1.54, 1.807) is 48.5 Å². The minimum atomic E-state index is -0.757. The van der Waals surface area contributed by atoms with Gasteiger partial charge in [-0.2, -0.15) is 0 Å². The van der Waals surface area contributed by atoms with Crippen LogP contribution in [0.3, 0.4) is 0 Å². The van der Waals surface area contributed by atoms with E-state index in [4.69, 9.17) is 26.3 Å². The first-order valence-electron chi connectivity index (χ1n) is 23.8. The third-order valence-electron chi connectivity index (χ3n) is 7.63. The summed E-state index contributed by atoms with van der Waals surface area (Å²) < 4.78 is 183. The fraction of sp³-hybridized carbons (Fsp3) is 0. The quantitative estimate of drug-likeness (QED) is 0.185. The molecule has 0 bridgehead atoms. The molecule has 0 fully saturated rings. The molecule has 0 N–H and O–H groups in total. The van der Waals surface area contributed by atoms with Crippen molar-refractivity contribution in [1.82, 2.24) is 0 Å². The van der Waals surface area contributed by atoms with Gasteiger partial charge in [0.2, 0.25) is 0 Å². The van der Waals surface area contributed by atoms with Crippen molar-refractivity contribution in [3.8, 4) is 44.5 Å². The summed E-state index contributed by atoms with van der Waals surface area (Å²) in [6.45, 7) is 0. The van der Waals surface area contributed by atoms with Crippen LogP contribution in [0.4, 0.5) is 0 Å². The highest BCUT2D eigenvalue weighted by Gasteiger charge is 2.21. The molecule has 1 nitrogen and oxygen atoms in total. The van der Waals surface area contributed by atoms with Gasteiger partial charge in [-0.3, -0.25) is 0 Å². The normalized spacial score (nSPS) is 17.8. The van der Waals surface area contributed by atoms with Gasteiger partial charge in [0.15, 0.2) is 0 Å². The molecule has 1 aromatic heterocycles. The van der Waals surface area contributed by atoms with Gasteiger partial charge in [-0.05, 0) is 90.2 Å². The molecular formula is C44H28O. The number of para-hydroxylation sites is 1. The maximum atomic E-state index is 9.90. The molecule has 210 valence electrons. The van der Waals surface area contributed by atoms with Crippen LogP contribution in [0.1, 0.15) is 27.4 Å². The molecule has 0 spiro atoms. The van der Waals surface area contributed by atoms with Crippen molar-refractivity contribution in [2.75, 3.05) is 0 Å². The van der Waals surface area contributed by atoms with Gasteiger partial charge in [0.05, 0.1) is 27.4 Å². The molecule has 0 radical (unpaired) electrons. The highest BCUT2D eigenvalue weighted by molar-refractivity contribution is 6.23. The fourth-order valence-corrected chi connectivity index (χ4v) is 5.78. The van der Waals surface area contributed by atoms with Gasteiger partial charge >= 0.3 is 0 Å². The van der Waals surface area contributed by atoms with Crippen molar-refractivity contribution in [1.29, 1.82) is 0 Å². The van der Waals surface area contributed by atoms with Gasteiger partial charge in [0, 0.05) is 10.8 Å². The summed E-state index contributed by atoms with van der Waals surface area (Å²) in [6.07, 6.45) is 0. The Hall–Kier alpha value is -5.92. The van der Waals surface area contributed by atoms with Crippen LogP contribution in [0.2, 0.25) is 0 Å². The predicted molar refractivity (Wildman–Crippen MR) is 190 cm³/mol. The van der Waals surface area contributed by atoms with Crippen molar-refractivity contribution < 1.29 is 31.8 Å². The SMILES string of the molecule is [2H]c1c([2H])c([2H])c(-c2c([2H])c([2H])c([2H])c(-c3c4ccccc4c(-c4c(-c5c([2H])c([2H])c([2H])c([2H])c5[2H])c([2H])c5c(oc6c([2H])c([2H])c([2H])c([2H])c65)c4[2H])c4ccccc34)c2[2H])c([2H])c1[2H]. The van der Waals surface area contributed by atoms with E-state index < -0.39 is 138 Å². The van der Waals surface area contributed by atoms with Crippen LogP contribution in [-0.2, 0) is 0 Å². The van der Waals surface area contributed by atoms with Crippen molar-refractivity contribution >= 4 is 43.5 Å². The van der Waals surface area contributed by atoms with Gasteiger partial charge < -0.3 is 4.42 Å². The van der Waals surface area contributed by atoms with E-state index in [2.05, 4.69) is 0 Å². The summed E-state index contributed by atoms with van der Waals surface area (Å²) in [6, 6.07) is -0.743. The molecule has 1 heteroatoms. The maximum Gasteiger partial charge on any atom is 0.136 e. The third-order valence-corrected chi connectivity index (χ3v) is 7.63. The Balaban J connectivity index is 1.52. The zero-order valence-corrected chi connectivity index (χ0v) is 23.0. The lowest BCUT2D eigenvalue weighted by molar-refractivity contribution is 0.669. The van der Waals surface area contributed by atoms with Crippen LogP contribution < -0.4 is 0 Å². The second kappa shape index (κ2) is 10.4. The van der Waals surface area contributed by atoms with Crippen LogP contribution in [0.5, 0.6) is 0 Å². The lowest BCUT2D eigenvalue weighted by Gasteiger charge is -2.20. The molecule has 9 rings (SSSR count). The number of fused-ring (bicyclic) bond motifs is 5. The monoisotopic (exact) mass is 592 g/mol. The van der Waals surface area contributed by atoms with Crippen molar-refractivity contribution in [3.63, 3.8) is 0 Å². The van der Waals surface area contributed by atoms with E-state index in [9.17, 15) is 5.48 Å². The summed E-state index contributed by atoms with van der Waals surface area (Å²) in [4.78, 5) is 0. The first-order valence-corrected chi connectivity index (χ1v) is 13.8. The van der Waals surface area contributed by atoms with E-state index in [-0.39, 0.29) is 71.3 Å². The van der Waals surface area contributed by atoms with Crippen molar-refractivity contribution in [2.24, 2.45) is 0 Å². The summed E-state index contributed by atoms with van der Waals surface area (Å²) in [5.41, 5.74) is -2.80. The number of furan rings is 1. The molecular weight excluding hydrogens is 544 g/mol. The van der Waals surface area contributed by atoms with Crippen LogP contribution in [-0.4, -0.2) is 0 Å². The topological polar surface area (TPSA) is 13.1 Å². The molecule has 0 saturated heterocycles. The lowest BCUT2D eigenvalue weighted by atomic mass is 9.83. The minimum Gasteiger partial charge on any atom is -0.456 e. The van der Waals surface area contributed by atoms with Gasteiger partial charge in [-0.15, -0.1) is 0 Å². The van der Waals surface area contributed by atoms with Gasteiger partial charge in [0.25, 0.3) is 0 Å². The van der Waals surface area contributed by atoms with Gasteiger partial charge in [-0.25, -0.2) is 0 Å². The zero-order valence-electron chi connectivity index (χ0n) is 43.0. The number of benzene rings is 8. The summed E-state index contributed by atoms with van der Waals surface area (Å²) in [5.74, 6) is 0. The zero-order chi connectivity index (χ0) is 47.1. The highest BCUT2D eigenvalue weighted by atomic mass is 16.3. The molecule has 8 aromatic carbocycles. The summed E-state index contributed by atoms with van der Waals surface area (Å²) in [7, 11) is 0. The van der Waals surface area contributed by atoms with Gasteiger partial charge in [0.1, 0.15) is 11.2 Å². The van der Waals surface area contributed by atoms with Crippen molar-refractivity contribution in [2.45, 2.75) is 0 Å². The molecule has 0 aliphatic heterocycles. The number of rotatable bonds is 4. The summed E-state index contributed by atoms with van der Waals surface area (Å²) >= 11 is 0. The lowest BCUT2D eigenvalue weighted by Crippen LogP contribution is -1.93. The first kappa shape index (κ1) is 12.6. The summed E-state index contributed by atoms with van der Waals surface area (Å²) in [5, 5.41) is 0.437. The van der Waals surface area contributed by atoms with Crippen LogP contribution >= 0.6 is 0 Å². The molecule has 0 amide bonds. The molecule has 0 atom stereocenters. The van der Waals surface area contributed by atoms with Crippen LogP contribution in [0, 0.1) is 0 Å². The number of hydrogen-bond acceptors (Lipinski definition) is 1. The first-order chi connectivity index (χ1) is 30.7. The number of hydrogen-bond donors (Lipinski definition) is 0. The molecule has 0 saturated carbocycles. The molecule has 45 heavy (non-hydrogen) atoms. The Bertz CT molecular complexity index is 3550. The highest BCUT2D eigenvalue weighted by Crippen LogP contribution is 2.48. The second-order valence-electron chi connectivity index (χ2n) is 10.1. The smallest absolute Gasteiger partial charge is 0.136 e. The Labute approximate surface area is 289 Å². The van der Waals surface area contributed by atoms with E-state index in [0.29, 0.717) is 0 Å². The average Bonchev–Trinajstić information content (AvgIpc) is 3.71. The molecule has 0 aliphatic carbocycles. The Morgan fingerprint density at radius 2 is 0.911 bits per heavy atom. The Kier molecular flexibility index (Phi) is 2.90. The van der Waals surface area contributed by atoms with Gasteiger partial charge in [-0.1, -0.05) is 145 Å². The predicted octanol–water partition coefficient (Wildman–Crippen LogP) is 12.6. The third kappa shape index (κ3) is 4.17. The Morgan fingerprint density at radius 3 is 1.60 bits per heavy atom. The average molecular weight is 593 g/mol.